The molecule has 4 heterocycles. The van der Waals surface area contributed by atoms with E-state index in [0.717, 1.165) is 12.8 Å². The van der Waals surface area contributed by atoms with Crippen molar-refractivity contribution in [3.63, 3.8) is 0 Å². The lowest BCUT2D eigenvalue weighted by Gasteiger charge is -2.40. The number of benzene rings is 2. The second kappa shape index (κ2) is 14.8. The molecule has 2 aromatic rings. The number of likely N-dealkylation sites (tertiary alicyclic amines) is 1. The van der Waals surface area contributed by atoms with Crippen molar-refractivity contribution in [1.82, 2.24) is 14.7 Å². The van der Waals surface area contributed by atoms with Gasteiger partial charge in [-0.15, -0.1) is 0 Å². The zero-order chi connectivity index (χ0) is 35.7. The number of likely N-dealkylation sites (N-methyl/N-ethyl adjacent to an activating group) is 1. The van der Waals surface area contributed by atoms with E-state index in [1.54, 1.807) is 22.9 Å². The number of nitrogens with zero attached hydrogens (tertiary/aromatic N) is 3. The highest BCUT2D eigenvalue weighted by Crippen LogP contribution is 2.60. The van der Waals surface area contributed by atoms with Gasteiger partial charge in [-0.1, -0.05) is 102 Å². The molecule has 0 radical (unpaired) electrons. The second-order valence-corrected chi connectivity index (χ2v) is 14.7. The van der Waals surface area contributed by atoms with Gasteiger partial charge in [0.05, 0.1) is 24.6 Å². The molecule has 2 aromatic carbocycles. The zero-order valence-corrected chi connectivity index (χ0v) is 30.6. The van der Waals surface area contributed by atoms with Gasteiger partial charge in [0.1, 0.15) is 29.8 Å². The second-order valence-electron chi connectivity index (χ2n) is 13.8. The number of hydrogen-bond donors (Lipinski definition) is 1. The van der Waals surface area contributed by atoms with Crippen LogP contribution in [0.2, 0.25) is 0 Å². The Morgan fingerprint density at radius 1 is 0.980 bits per heavy atom. The molecule has 1 spiro atoms. The lowest BCUT2D eigenvalue weighted by molar-refractivity contribution is -0.164. The maximum Gasteiger partial charge on any atom is 0.313 e. The molecule has 3 amide bonds. The summed E-state index contributed by atoms with van der Waals surface area (Å²) < 4.78 is 13.6. The molecular formula is C39H46BrN3O7. The smallest absolute Gasteiger partial charge is 0.313 e. The van der Waals surface area contributed by atoms with Crippen LogP contribution in [-0.4, -0.2) is 93.5 Å². The number of ether oxygens (including phenoxy) is 2. The summed E-state index contributed by atoms with van der Waals surface area (Å²) >= 11 is 3.63. The number of esters is 1. The number of aliphatic hydroxyl groups excluding tert-OH is 1. The van der Waals surface area contributed by atoms with Gasteiger partial charge < -0.3 is 29.3 Å². The fourth-order valence-electron chi connectivity index (χ4n) is 8.20. The lowest BCUT2D eigenvalue weighted by Crippen LogP contribution is -2.58. The molecule has 4 aliphatic heterocycles. The van der Waals surface area contributed by atoms with E-state index in [1.807, 2.05) is 86.7 Å². The fraction of sp³-hybridized carbons (Fsp3) is 0.487. The third kappa shape index (κ3) is 6.22. The van der Waals surface area contributed by atoms with Crippen molar-refractivity contribution in [1.29, 1.82) is 0 Å². The Bertz CT molecular complexity index is 1650. The van der Waals surface area contributed by atoms with Crippen LogP contribution in [0.25, 0.3) is 0 Å². The number of amides is 3. The molecule has 1 unspecified atom stereocenters. The Morgan fingerprint density at radius 2 is 1.66 bits per heavy atom. The number of fused-ring (bicyclic) bond motifs is 2. The highest BCUT2D eigenvalue weighted by atomic mass is 79.9. The third-order valence-electron chi connectivity index (χ3n) is 10.9. The molecule has 6 rings (SSSR count). The van der Waals surface area contributed by atoms with Crippen molar-refractivity contribution in [2.75, 3.05) is 20.2 Å². The van der Waals surface area contributed by atoms with Gasteiger partial charge in [0, 0.05) is 30.5 Å². The number of hydrogen-bond acceptors (Lipinski definition) is 7. The van der Waals surface area contributed by atoms with E-state index in [0.29, 0.717) is 22.0 Å². The predicted molar refractivity (Wildman–Crippen MR) is 190 cm³/mol. The summed E-state index contributed by atoms with van der Waals surface area (Å²) in [6.45, 7) is 5.70. The zero-order valence-electron chi connectivity index (χ0n) is 29.0. The van der Waals surface area contributed by atoms with E-state index in [-0.39, 0.29) is 30.8 Å². The van der Waals surface area contributed by atoms with Gasteiger partial charge >= 0.3 is 5.97 Å². The summed E-state index contributed by atoms with van der Waals surface area (Å²) in [5.41, 5.74) is -0.127. The van der Waals surface area contributed by atoms with Gasteiger partial charge in [0.25, 0.3) is 0 Å². The molecule has 11 heteroatoms. The molecule has 1 N–H and O–H groups in total. The average molecular weight is 749 g/mol. The number of aliphatic hydroxyl groups is 1. The Balaban J connectivity index is 1.51. The number of rotatable bonds is 7. The van der Waals surface area contributed by atoms with Crippen LogP contribution < -0.4 is 0 Å². The SMILES string of the molecule is CCCC(C)N1C/C=C\CCC(=O)N(C)[C@@H](C)[C@H](c2ccccc2)OC(=O)[C@H]2[C@@H]3O[C@@]4(C=C3Br)[C@@H]2C(=O)N([C@H](CO)c2ccccc2)[C@@H]4C1=O. The van der Waals surface area contributed by atoms with Crippen LogP contribution >= 0.6 is 15.9 Å². The van der Waals surface area contributed by atoms with Gasteiger partial charge in [0.2, 0.25) is 17.7 Å². The predicted octanol–water partition coefficient (Wildman–Crippen LogP) is 5.09. The largest absolute Gasteiger partial charge is 0.455 e. The molecule has 0 saturated carbocycles. The first-order chi connectivity index (χ1) is 24.0. The topological polar surface area (TPSA) is 117 Å². The summed E-state index contributed by atoms with van der Waals surface area (Å²) in [7, 11) is 1.71. The van der Waals surface area contributed by atoms with Crippen molar-refractivity contribution in [3.05, 3.63) is 94.5 Å². The third-order valence-corrected chi connectivity index (χ3v) is 11.6. The normalized spacial score (nSPS) is 32.1. The molecule has 10 nitrogen and oxygen atoms in total. The van der Waals surface area contributed by atoms with Gasteiger partial charge in [-0.3, -0.25) is 19.2 Å². The number of halogens is 1. The Labute approximate surface area is 302 Å². The van der Waals surface area contributed by atoms with Gasteiger partial charge in [-0.25, -0.2) is 0 Å². The maximum atomic E-state index is 15.1. The molecule has 50 heavy (non-hydrogen) atoms. The number of allylic oxidation sites excluding steroid dienone is 1. The Kier molecular flexibility index (Phi) is 10.7. The van der Waals surface area contributed by atoms with E-state index in [2.05, 4.69) is 22.9 Å². The minimum atomic E-state index is -1.49. The number of cyclic esters (lactones) is 1. The van der Waals surface area contributed by atoms with Crippen LogP contribution in [0, 0.1) is 11.8 Å². The molecule has 4 aliphatic rings. The molecule has 0 aliphatic carbocycles. The van der Waals surface area contributed by atoms with E-state index in [9.17, 15) is 19.5 Å². The van der Waals surface area contributed by atoms with Crippen molar-refractivity contribution in [2.45, 2.75) is 88.4 Å². The van der Waals surface area contributed by atoms with E-state index in [1.165, 1.54) is 4.90 Å². The van der Waals surface area contributed by atoms with Crippen LogP contribution in [0.5, 0.6) is 0 Å². The summed E-state index contributed by atoms with van der Waals surface area (Å²) in [6.07, 6.45) is 6.14. The Morgan fingerprint density at radius 3 is 2.32 bits per heavy atom. The first-order valence-electron chi connectivity index (χ1n) is 17.6. The Hall–Kier alpha value is -3.80. The number of carbonyl (C=O) groups excluding carboxylic acids is 4. The lowest BCUT2D eigenvalue weighted by atomic mass is 9.74. The molecule has 2 fully saturated rings. The fourth-order valence-corrected chi connectivity index (χ4v) is 8.94. The summed E-state index contributed by atoms with van der Waals surface area (Å²) in [5.74, 6) is -3.73. The quantitative estimate of drug-likeness (QED) is 0.310. The summed E-state index contributed by atoms with van der Waals surface area (Å²) in [5, 5.41) is 10.9. The minimum absolute atomic E-state index is 0.107. The van der Waals surface area contributed by atoms with E-state index in [4.69, 9.17) is 9.47 Å². The maximum absolute atomic E-state index is 15.1. The monoisotopic (exact) mass is 747 g/mol. The van der Waals surface area contributed by atoms with E-state index < -0.39 is 66.3 Å². The van der Waals surface area contributed by atoms with Gasteiger partial charge in [-0.2, -0.15) is 0 Å². The van der Waals surface area contributed by atoms with Gasteiger partial charge in [-0.05, 0) is 43.9 Å². The highest BCUT2D eigenvalue weighted by molar-refractivity contribution is 9.11. The van der Waals surface area contributed by atoms with Crippen molar-refractivity contribution >= 4 is 39.6 Å². The van der Waals surface area contributed by atoms with Gasteiger partial charge in [0.15, 0.2) is 0 Å². The van der Waals surface area contributed by atoms with Crippen LogP contribution in [-0.2, 0) is 28.7 Å². The highest BCUT2D eigenvalue weighted by Gasteiger charge is 2.75. The summed E-state index contributed by atoms with van der Waals surface area (Å²) in [4.78, 5) is 62.9. The van der Waals surface area contributed by atoms with E-state index >= 15 is 4.79 Å². The first kappa shape index (κ1) is 36.0. The number of carbonyl (C=O) groups is 4. The van der Waals surface area contributed by atoms with Crippen LogP contribution in [0.3, 0.4) is 0 Å². The molecule has 266 valence electrons. The standard InChI is InChI=1S/C39H46BrN3O7/c1-5-15-24(2)42-21-14-8-13-20-30(45)41(4)25(3)33(27-18-11-7-12-19-27)49-38(48)31-32-36(46)43(29(23-44)26-16-9-6-10-17-26)35(37(42)47)39(32)22-28(40)34(31)50-39/h6-12,14,16-19,22,24-25,29,31-35,44H,5,13,15,20-21,23H2,1-4H3/b14-8-/t24?,25-,29+,31+,32-,33+,34+,35+,39-/m0/s1. The van der Waals surface area contributed by atoms with Crippen LogP contribution in [0.15, 0.2) is 83.4 Å². The molecule has 9 atom stereocenters. The van der Waals surface area contributed by atoms with Crippen LogP contribution in [0.1, 0.15) is 69.7 Å². The minimum Gasteiger partial charge on any atom is -0.455 e. The summed E-state index contributed by atoms with van der Waals surface area (Å²) in [6, 6.07) is 15.6. The average Bonchev–Trinajstić information content (AvgIpc) is 3.72. The molecule has 2 saturated heterocycles. The van der Waals surface area contributed by atoms with Crippen molar-refractivity contribution in [2.24, 2.45) is 11.8 Å². The first-order valence-corrected chi connectivity index (χ1v) is 18.4. The van der Waals surface area contributed by atoms with Crippen LogP contribution in [0.4, 0.5) is 0 Å². The van der Waals surface area contributed by atoms with Crippen molar-refractivity contribution < 1.29 is 33.8 Å². The van der Waals surface area contributed by atoms with Crippen molar-refractivity contribution in [3.8, 4) is 0 Å². The molecule has 5 bridgehead atoms. The molecular weight excluding hydrogens is 702 g/mol. The molecule has 0 aromatic heterocycles.